The quantitative estimate of drug-likeness (QED) is 0.609. The molecule has 0 saturated heterocycles. The Morgan fingerprint density at radius 2 is 2.04 bits per heavy atom. The van der Waals surface area contributed by atoms with Crippen molar-refractivity contribution >= 4 is 17.3 Å². The second kappa shape index (κ2) is 7.95. The first-order chi connectivity index (χ1) is 12.1. The van der Waals surface area contributed by atoms with Crippen LogP contribution in [0.4, 0.5) is 4.39 Å². The number of hydrogen-bond donors (Lipinski definition) is 2. The SMILES string of the molecule is CCNC(=NCc1ncc(C)s1)NCC1(c2ccc(F)cc2)CCC1. The molecule has 0 radical (unpaired) electrons. The molecule has 1 aromatic heterocycles. The molecule has 0 bridgehead atoms. The third-order valence-electron chi connectivity index (χ3n) is 4.75. The van der Waals surface area contributed by atoms with Crippen LogP contribution in [-0.4, -0.2) is 24.0 Å². The standard InChI is InChI=1S/C19H25FN4S/c1-3-21-18(23-12-17-22-11-14(2)25-17)24-13-19(9-4-10-19)15-5-7-16(20)8-6-15/h5-8,11H,3-4,9-10,12-13H2,1-2H3,(H2,21,23,24). The zero-order valence-electron chi connectivity index (χ0n) is 14.8. The van der Waals surface area contributed by atoms with E-state index < -0.39 is 0 Å². The summed E-state index contributed by atoms with van der Waals surface area (Å²) in [5.74, 6) is 0.628. The Balaban J connectivity index is 1.66. The molecule has 0 aliphatic heterocycles. The molecule has 134 valence electrons. The van der Waals surface area contributed by atoms with Crippen LogP contribution in [0.25, 0.3) is 0 Å². The number of guanidine groups is 1. The molecule has 1 fully saturated rings. The fourth-order valence-corrected chi connectivity index (χ4v) is 3.90. The van der Waals surface area contributed by atoms with Gasteiger partial charge in [-0.05, 0) is 44.4 Å². The summed E-state index contributed by atoms with van der Waals surface area (Å²) in [6.07, 6.45) is 5.34. The third-order valence-corrected chi connectivity index (χ3v) is 5.64. The van der Waals surface area contributed by atoms with Crippen LogP contribution < -0.4 is 10.6 Å². The molecule has 6 heteroatoms. The van der Waals surface area contributed by atoms with Gasteiger partial charge in [0.15, 0.2) is 5.96 Å². The molecule has 1 heterocycles. The highest BCUT2D eigenvalue weighted by atomic mass is 32.1. The number of thiazole rings is 1. The van der Waals surface area contributed by atoms with E-state index in [-0.39, 0.29) is 11.2 Å². The molecule has 2 aromatic rings. The number of nitrogens with one attached hydrogen (secondary N) is 2. The lowest BCUT2D eigenvalue weighted by molar-refractivity contribution is 0.243. The van der Waals surface area contributed by atoms with Gasteiger partial charge in [-0.3, -0.25) is 0 Å². The summed E-state index contributed by atoms with van der Waals surface area (Å²) in [5, 5.41) is 7.79. The number of rotatable bonds is 6. The summed E-state index contributed by atoms with van der Waals surface area (Å²) in [5.41, 5.74) is 1.29. The smallest absolute Gasteiger partial charge is 0.191 e. The van der Waals surface area contributed by atoms with Crippen molar-refractivity contribution in [2.45, 2.75) is 45.1 Å². The van der Waals surface area contributed by atoms with Crippen LogP contribution in [0.15, 0.2) is 35.5 Å². The Morgan fingerprint density at radius 3 is 2.60 bits per heavy atom. The van der Waals surface area contributed by atoms with E-state index in [0.29, 0.717) is 6.54 Å². The second-order valence-electron chi connectivity index (χ2n) is 6.55. The Labute approximate surface area is 152 Å². The third kappa shape index (κ3) is 4.37. The summed E-state index contributed by atoms with van der Waals surface area (Å²) in [6.45, 7) is 6.31. The molecule has 0 spiro atoms. The van der Waals surface area contributed by atoms with Crippen LogP contribution in [0.1, 0.15) is 41.6 Å². The van der Waals surface area contributed by atoms with Gasteiger partial charge in [-0.25, -0.2) is 14.4 Å². The molecule has 0 atom stereocenters. The molecule has 0 unspecified atom stereocenters. The number of benzene rings is 1. The van der Waals surface area contributed by atoms with Crippen molar-refractivity contribution in [2.75, 3.05) is 13.1 Å². The van der Waals surface area contributed by atoms with Gasteiger partial charge in [0.1, 0.15) is 10.8 Å². The van der Waals surface area contributed by atoms with Crippen molar-refractivity contribution < 1.29 is 4.39 Å². The fourth-order valence-electron chi connectivity index (χ4n) is 3.19. The minimum absolute atomic E-state index is 0.0850. The predicted octanol–water partition coefficient (Wildman–Crippen LogP) is 3.77. The first-order valence-corrected chi connectivity index (χ1v) is 9.62. The van der Waals surface area contributed by atoms with Crippen molar-refractivity contribution in [1.82, 2.24) is 15.6 Å². The van der Waals surface area contributed by atoms with Crippen molar-refractivity contribution in [3.63, 3.8) is 0 Å². The van der Waals surface area contributed by atoms with Gasteiger partial charge in [0.25, 0.3) is 0 Å². The highest BCUT2D eigenvalue weighted by Crippen LogP contribution is 2.43. The average molecular weight is 361 g/mol. The normalized spacial score (nSPS) is 16.4. The molecule has 4 nitrogen and oxygen atoms in total. The van der Waals surface area contributed by atoms with Crippen molar-refractivity contribution in [1.29, 1.82) is 0 Å². The zero-order chi connectivity index (χ0) is 17.7. The van der Waals surface area contributed by atoms with Gasteiger partial charge in [-0.15, -0.1) is 11.3 Å². The predicted molar refractivity (Wildman–Crippen MR) is 102 cm³/mol. The highest BCUT2D eigenvalue weighted by molar-refractivity contribution is 7.11. The summed E-state index contributed by atoms with van der Waals surface area (Å²) < 4.78 is 13.2. The molecule has 1 saturated carbocycles. The van der Waals surface area contributed by atoms with Gasteiger partial charge < -0.3 is 10.6 Å². The Bertz CT molecular complexity index is 719. The maximum Gasteiger partial charge on any atom is 0.191 e. The molecule has 0 amide bonds. The molecular formula is C19H25FN4S. The minimum atomic E-state index is -0.181. The molecule has 1 aromatic carbocycles. The van der Waals surface area contributed by atoms with Gasteiger partial charge in [0.05, 0.1) is 6.54 Å². The Hall–Kier alpha value is -1.95. The second-order valence-corrected chi connectivity index (χ2v) is 7.87. The Kier molecular flexibility index (Phi) is 5.68. The van der Waals surface area contributed by atoms with E-state index >= 15 is 0 Å². The summed E-state index contributed by atoms with van der Waals surface area (Å²) >= 11 is 1.68. The monoisotopic (exact) mass is 360 g/mol. The summed E-state index contributed by atoms with van der Waals surface area (Å²) in [7, 11) is 0. The van der Waals surface area contributed by atoms with Gasteiger partial charge in [-0.1, -0.05) is 18.6 Å². The van der Waals surface area contributed by atoms with Crippen LogP contribution in [0, 0.1) is 12.7 Å². The number of aliphatic imine (C=N–C) groups is 1. The summed E-state index contributed by atoms with van der Waals surface area (Å²) in [6, 6.07) is 6.94. The first kappa shape index (κ1) is 17.9. The van der Waals surface area contributed by atoms with Gasteiger partial charge in [-0.2, -0.15) is 0 Å². The average Bonchev–Trinajstić information content (AvgIpc) is 2.98. The number of hydrogen-bond acceptors (Lipinski definition) is 3. The van der Waals surface area contributed by atoms with E-state index in [1.54, 1.807) is 23.5 Å². The van der Waals surface area contributed by atoms with Gasteiger partial charge in [0, 0.05) is 29.6 Å². The van der Waals surface area contributed by atoms with E-state index in [1.165, 1.54) is 16.9 Å². The van der Waals surface area contributed by atoms with Crippen LogP contribution >= 0.6 is 11.3 Å². The number of halogens is 1. The Morgan fingerprint density at radius 1 is 1.28 bits per heavy atom. The molecular weight excluding hydrogens is 335 g/mol. The fraction of sp³-hybridized carbons (Fsp3) is 0.474. The van der Waals surface area contributed by atoms with Crippen LogP contribution in [-0.2, 0) is 12.0 Å². The first-order valence-electron chi connectivity index (χ1n) is 8.81. The molecule has 1 aliphatic carbocycles. The topological polar surface area (TPSA) is 49.3 Å². The number of aryl methyl sites for hydroxylation is 1. The zero-order valence-corrected chi connectivity index (χ0v) is 15.6. The van der Waals surface area contributed by atoms with Crippen LogP contribution in [0.2, 0.25) is 0 Å². The van der Waals surface area contributed by atoms with E-state index in [4.69, 9.17) is 0 Å². The number of aromatic nitrogens is 1. The van der Waals surface area contributed by atoms with Crippen LogP contribution in [0.3, 0.4) is 0 Å². The van der Waals surface area contributed by atoms with Crippen molar-refractivity contribution in [2.24, 2.45) is 4.99 Å². The maximum atomic E-state index is 13.2. The van der Waals surface area contributed by atoms with Gasteiger partial charge in [0.2, 0.25) is 0 Å². The van der Waals surface area contributed by atoms with Crippen molar-refractivity contribution in [3.05, 3.63) is 51.7 Å². The van der Waals surface area contributed by atoms with Crippen molar-refractivity contribution in [3.8, 4) is 0 Å². The highest BCUT2D eigenvalue weighted by Gasteiger charge is 2.38. The minimum Gasteiger partial charge on any atom is -0.357 e. The molecule has 1 aliphatic rings. The van der Waals surface area contributed by atoms with E-state index in [2.05, 4.69) is 34.5 Å². The van der Waals surface area contributed by atoms with Crippen LogP contribution in [0.5, 0.6) is 0 Å². The molecule has 3 rings (SSSR count). The largest absolute Gasteiger partial charge is 0.357 e. The lowest BCUT2D eigenvalue weighted by atomic mass is 9.64. The number of nitrogens with zero attached hydrogens (tertiary/aromatic N) is 2. The van der Waals surface area contributed by atoms with Gasteiger partial charge >= 0.3 is 0 Å². The molecule has 25 heavy (non-hydrogen) atoms. The molecule has 2 N–H and O–H groups in total. The lowest BCUT2D eigenvalue weighted by Gasteiger charge is -2.43. The van der Waals surface area contributed by atoms with E-state index in [0.717, 1.165) is 36.9 Å². The van der Waals surface area contributed by atoms with E-state index in [1.807, 2.05) is 18.3 Å². The lowest BCUT2D eigenvalue weighted by Crippen LogP contribution is -2.48. The maximum absolute atomic E-state index is 13.2. The summed E-state index contributed by atoms with van der Waals surface area (Å²) in [4.78, 5) is 10.2. The van der Waals surface area contributed by atoms with E-state index in [9.17, 15) is 4.39 Å².